The minimum absolute atomic E-state index is 0.0532. The lowest BCUT2D eigenvalue weighted by atomic mass is 10.2. The summed E-state index contributed by atoms with van der Waals surface area (Å²) < 4.78 is 34.7. The van der Waals surface area contributed by atoms with Gasteiger partial charge >= 0.3 is 6.09 Å². The first-order valence-electron chi connectivity index (χ1n) is 9.70. The molecule has 3 aromatic rings. The lowest BCUT2D eigenvalue weighted by molar-refractivity contribution is 0.139. The van der Waals surface area contributed by atoms with Gasteiger partial charge in [0.2, 0.25) is 0 Å². The Morgan fingerprint density at radius 1 is 0.968 bits per heavy atom. The zero-order valence-corrected chi connectivity index (χ0v) is 17.4. The number of anilines is 1. The van der Waals surface area contributed by atoms with Crippen LogP contribution in [0.15, 0.2) is 78.9 Å². The van der Waals surface area contributed by atoms with Crippen molar-refractivity contribution in [3.05, 3.63) is 90.5 Å². The second kappa shape index (κ2) is 12.2. The summed E-state index contributed by atoms with van der Waals surface area (Å²) in [6.45, 7) is 2.51. The molecule has 1 aliphatic rings. The fraction of sp³-hybridized carbons (Fsp3) is 0.208. The molecule has 1 heterocycles. The third-order valence-electron chi connectivity index (χ3n) is 4.27. The molecule has 1 N–H and O–H groups in total. The number of benzene rings is 3. The van der Waals surface area contributed by atoms with Gasteiger partial charge in [0.25, 0.3) is 0 Å². The molecule has 7 heteroatoms. The maximum atomic E-state index is 12.7. The summed E-state index contributed by atoms with van der Waals surface area (Å²) in [4.78, 5) is 13.0. The highest BCUT2D eigenvalue weighted by Gasteiger charge is 2.30. The first-order valence-corrected chi connectivity index (χ1v) is 9.70. The summed E-state index contributed by atoms with van der Waals surface area (Å²) in [5, 5.41) is 8.63. The Balaban J connectivity index is 0.000000181. The van der Waals surface area contributed by atoms with E-state index in [4.69, 9.17) is 14.6 Å². The SMILES string of the molecule is CCC1CN(c2ccc(F)cc2)C(=O)O1.COc1ccc(F)cc1.Oc1ccccc1. The summed E-state index contributed by atoms with van der Waals surface area (Å²) in [5.74, 6) is 0.452. The Bertz CT molecular complexity index is 919. The van der Waals surface area contributed by atoms with Crippen LogP contribution in [0.1, 0.15) is 13.3 Å². The number of ether oxygens (including phenoxy) is 2. The average molecular weight is 429 g/mol. The maximum absolute atomic E-state index is 12.7. The monoisotopic (exact) mass is 429 g/mol. The lowest BCUT2D eigenvalue weighted by Gasteiger charge is -2.12. The first-order chi connectivity index (χ1) is 14.9. The molecule has 0 aliphatic carbocycles. The minimum atomic E-state index is -0.353. The number of carbonyl (C=O) groups excluding carboxylic acids is 1. The number of amides is 1. The van der Waals surface area contributed by atoms with Crippen molar-refractivity contribution in [1.82, 2.24) is 0 Å². The Kier molecular flexibility index (Phi) is 9.29. The van der Waals surface area contributed by atoms with E-state index >= 15 is 0 Å². The molecule has 5 nitrogen and oxygen atoms in total. The van der Waals surface area contributed by atoms with Gasteiger partial charge in [0.1, 0.15) is 29.2 Å². The Labute approximate surface area is 180 Å². The Morgan fingerprint density at radius 2 is 1.52 bits per heavy atom. The van der Waals surface area contributed by atoms with Crippen LogP contribution >= 0.6 is 0 Å². The molecule has 0 saturated carbocycles. The van der Waals surface area contributed by atoms with Crippen molar-refractivity contribution in [3.8, 4) is 11.5 Å². The Hall–Kier alpha value is -3.61. The number of hydrogen-bond acceptors (Lipinski definition) is 4. The van der Waals surface area contributed by atoms with E-state index in [1.165, 1.54) is 29.2 Å². The predicted octanol–water partition coefficient (Wildman–Crippen LogP) is 5.79. The highest BCUT2D eigenvalue weighted by Crippen LogP contribution is 2.22. The third-order valence-corrected chi connectivity index (χ3v) is 4.27. The second-order valence-electron chi connectivity index (χ2n) is 6.49. The topological polar surface area (TPSA) is 59.0 Å². The van der Waals surface area contributed by atoms with Crippen molar-refractivity contribution in [2.75, 3.05) is 18.6 Å². The van der Waals surface area contributed by atoms with Crippen molar-refractivity contribution in [2.24, 2.45) is 0 Å². The van der Waals surface area contributed by atoms with Gasteiger partial charge in [-0.05, 0) is 67.1 Å². The Morgan fingerprint density at radius 3 is 1.94 bits per heavy atom. The number of methoxy groups -OCH3 is 1. The molecule has 0 bridgehead atoms. The van der Waals surface area contributed by atoms with Gasteiger partial charge < -0.3 is 14.6 Å². The van der Waals surface area contributed by atoms with Crippen LogP contribution in [0.4, 0.5) is 19.3 Å². The van der Waals surface area contributed by atoms with Crippen molar-refractivity contribution in [1.29, 1.82) is 0 Å². The maximum Gasteiger partial charge on any atom is 0.414 e. The van der Waals surface area contributed by atoms with Crippen LogP contribution in [0.5, 0.6) is 11.5 Å². The van der Waals surface area contributed by atoms with E-state index in [2.05, 4.69) is 0 Å². The number of hydrogen-bond donors (Lipinski definition) is 1. The standard InChI is InChI=1S/C11H12FNO2.C7H7FO.C6H6O/c1-2-10-7-13(11(14)15-10)9-5-3-8(12)4-6-9;1-9-7-4-2-6(8)3-5-7;7-6-4-2-1-3-5-6/h3-6,10H,2,7H2,1H3;2-5H,1H3;1-5,7H. The molecule has 164 valence electrons. The van der Waals surface area contributed by atoms with Crippen LogP contribution in [0.3, 0.4) is 0 Å². The van der Waals surface area contributed by atoms with Gasteiger partial charge in [-0.3, -0.25) is 4.90 Å². The highest BCUT2D eigenvalue weighted by atomic mass is 19.1. The number of phenols is 1. The normalized spacial score (nSPS) is 14.5. The summed E-state index contributed by atoms with van der Waals surface area (Å²) in [6, 6.07) is 20.4. The van der Waals surface area contributed by atoms with Gasteiger partial charge in [0, 0.05) is 5.69 Å². The second-order valence-corrected chi connectivity index (χ2v) is 6.49. The summed E-state index contributed by atoms with van der Waals surface area (Å²) in [6.07, 6.45) is 0.389. The number of halogens is 2. The molecule has 0 radical (unpaired) electrons. The molecule has 1 amide bonds. The number of para-hydroxylation sites is 1. The molecular weight excluding hydrogens is 404 g/mol. The highest BCUT2D eigenvalue weighted by molar-refractivity contribution is 5.89. The van der Waals surface area contributed by atoms with Crippen LogP contribution in [0.2, 0.25) is 0 Å². The van der Waals surface area contributed by atoms with Crippen molar-refractivity contribution in [2.45, 2.75) is 19.4 Å². The van der Waals surface area contributed by atoms with E-state index in [1.807, 2.05) is 13.0 Å². The minimum Gasteiger partial charge on any atom is -0.508 e. The molecule has 1 atom stereocenters. The van der Waals surface area contributed by atoms with Crippen LogP contribution in [0.25, 0.3) is 0 Å². The van der Waals surface area contributed by atoms with Crippen molar-refractivity contribution in [3.63, 3.8) is 0 Å². The third kappa shape index (κ3) is 7.97. The van der Waals surface area contributed by atoms with Gasteiger partial charge in [-0.1, -0.05) is 25.1 Å². The molecule has 4 rings (SSSR count). The van der Waals surface area contributed by atoms with E-state index in [0.717, 1.165) is 6.42 Å². The van der Waals surface area contributed by atoms with Gasteiger partial charge in [-0.25, -0.2) is 13.6 Å². The van der Waals surface area contributed by atoms with E-state index in [0.29, 0.717) is 23.7 Å². The van der Waals surface area contributed by atoms with Crippen LogP contribution < -0.4 is 9.64 Å². The molecule has 31 heavy (non-hydrogen) atoms. The average Bonchev–Trinajstić information content (AvgIpc) is 3.17. The quantitative estimate of drug-likeness (QED) is 0.573. The molecule has 0 spiro atoms. The number of rotatable bonds is 3. The first kappa shape index (κ1) is 23.7. The van der Waals surface area contributed by atoms with Gasteiger partial charge in [-0.15, -0.1) is 0 Å². The van der Waals surface area contributed by atoms with Gasteiger partial charge in [-0.2, -0.15) is 0 Å². The summed E-state index contributed by atoms with van der Waals surface area (Å²) >= 11 is 0. The van der Waals surface area contributed by atoms with Crippen LogP contribution in [0, 0.1) is 11.6 Å². The fourth-order valence-electron chi connectivity index (χ4n) is 2.56. The van der Waals surface area contributed by atoms with E-state index in [1.54, 1.807) is 55.6 Å². The van der Waals surface area contributed by atoms with Gasteiger partial charge in [0.05, 0.1) is 13.7 Å². The number of carbonyl (C=O) groups is 1. The lowest BCUT2D eigenvalue weighted by Crippen LogP contribution is -2.24. The zero-order valence-electron chi connectivity index (χ0n) is 17.4. The molecule has 1 fully saturated rings. The van der Waals surface area contributed by atoms with Crippen molar-refractivity contribution >= 4 is 11.8 Å². The predicted molar refractivity (Wildman–Crippen MR) is 115 cm³/mol. The van der Waals surface area contributed by atoms with E-state index in [-0.39, 0.29) is 23.8 Å². The molecule has 3 aromatic carbocycles. The van der Waals surface area contributed by atoms with Crippen LogP contribution in [-0.4, -0.2) is 31.0 Å². The molecule has 1 unspecified atom stereocenters. The fourth-order valence-corrected chi connectivity index (χ4v) is 2.56. The number of aromatic hydroxyl groups is 1. The summed E-state index contributed by atoms with van der Waals surface area (Å²) in [7, 11) is 1.55. The molecule has 0 aromatic heterocycles. The number of cyclic esters (lactones) is 1. The molecule has 1 saturated heterocycles. The number of phenolic OH excluding ortho intramolecular Hbond substituents is 1. The smallest absolute Gasteiger partial charge is 0.414 e. The molecular formula is C24H25F2NO4. The summed E-state index contributed by atoms with van der Waals surface area (Å²) in [5.41, 5.74) is 0.678. The zero-order chi connectivity index (χ0) is 22.6. The van der Waals surface area contributed by atoms with Crippen LogP contribution in [-0.2, 0) is 4.74 Å². The molecule has 1 aliphatic heterocycles. The van der Waals surface area contributed by atoms with Crippen molar-refractivity contribution < 1.29 is 28.2 Å². The largest absolute Gasteiger partial charge is 0.508 e. The van der Waals surface area contributed by atoms with E-state index in [9.17, 15) is 13.6 Å². The van der Waals surface area contributed by atoms with E-state index < -0.39 is 0 Å². The van der Waals surface area contributed by atoms with Gasteiger partial charge in [0.15, 0.2) is 0 Å². The number of nitrogens with zero attached hydrogens (tertiary/aromatic N) is 1.